The van der Waals surface area contributed by atoms with Crippen molar-refractivity contribution in [2.24, 2.45) is 0 Å². The van der Waals surface area contributed by atoms with Crippen molar-refractivity contribution in [3.63, 3.8) is 0 Å². The summed E-state index contributed by atoms with van der Waals surface area (Å²) in [5.74, 6) is -2.56. The van der Waals surface area contributed by atoms with E-state index in [1.807, 2.05) is 31.1 Å². The molecule has 0 fully saturated rings. The van der Waals surface area contributed by atoms with Crippen LogP contribution in [0.2, 0.25) is 0 Å². The highest BCUT2D eigenvalue weighted by atomic mass is 16.4. The van der Waals surface area contributed by atoms with Crippen LogP contribution in [-0.2, 0) is 0 Å². The van der Waals surface area contributed by atoms with Gasteiger partial charge in [0, 0.05) is 25.5 Å². The Bertz CT molecular complexity index is 709. The monoisotopic (exact) mass is 300 g/mol. The van der Waals surface area contributed by atoms with Crippen LogP contribution >= 0.6 is 0 Å². The summed E-state index contributed by atoms with van der Waals surface area (Å²) in [7, 11) is 3.84. The number of nitrogens with one attached hydrogen (secondary N) is 1. The van der Waals surface area contributed by atoms with Gasteiger partial charge in [-0.3, -0.25) is 0 Å². The molecule has 0 spiro atoms. The fourth-order valence-corrected chi connectivity index (χ4v) is 2.06. The Labute approximate surface area is 127 Å². The van der Waals surface area contributed by atoms with E-state index in [2.05, 4.69) is 5.32 Å². The summed E-state index contributed by atoms with van der Waals surface area (Å²) >= 11 is 0. The van der Waals surface area contributed by atoms with Crippen LogP contribution < -0.4 is 10.2 Å². The molecule has 6 heteroatoms. The summed E-state index contributed by atoms with van der Waals surface area (Å²) in [6, 6.07) is 11.7. The zero-order chi connectivity index (χ0) is 16.3. The summed E-state index contributed by atoms with van der Waals surface area (Å²) < 4.78 is 0. The van der Waals surface area contributed by atoms with E-state index in [1.54, 1.807) is 12.1 Å². The van der Waals surface area contributed by atoms with Crippen molar-refractivity contribution in [1.29, 1.82) is 0 Å². The van der Waals surface area contributed by atoms with Crippen LogP contribution in [0.25, 0.3) is 0 Å². The third-order valence-electron chi connectivity index (χ3n) is 3.17. The summed E-state index contributed by atoms with van der Waals surface area (Å²) in [5, 5.41) is 21.3. The predicted molar refractivity (Wildman–Crippen MR) is 84.4 cm³/mol. The van der Waals surface area contributed by atoms with Gasteiger partial charge in [0.25, 0.3) is 0 Å². The average Bonchev–Trinajstić information content (AvgIpc) is 2.47. The third-order valence-corrected chi connectivity index (χ3v) is 3.17. The number of carboxylic acid groups (broad SMARTS) is 2. The molecule has 0 atom stereocenters. The number of benzene rings is 2. The molecule has 0 radical (unpaired) electrons. The molecule has 0 aromatic heterocycles. The molecule has 0 saturated carbocycles. The zero-order valence-corrected chi connectivity index (χ0v) is 12.2. The van der Waals surface area contributed by atoms with Crippen molar-refractivity contribution in [3.05, 3.63) is 53.6 Å². The lowest BCUT2D eigenvalue weighted by atomic mass is 10.1. The van der Waals surface area contributed by atoms with Crippen molar-refractivity contribution >= 4 is 29.0 Å². The predicted octanol–water partition coefficient (Wildman–Crippen LogP) is 2.89. The molecule has 114 valence electrons. The van der Waals surface area contributed by atoms with Crippen molar-refractivity contribution in [2.75, 3.05) is 24.3 Å². The maximum Gasteiger partial charge on any atom is 0.338 e. The zero-order valence-electron chi connectivity index (χ0n) is 12.2. The Balaban J connectivity index is 2.39. The number of aromatic carboxylic acids is 2. The van der Waals surface area contributed by atoms with Gasteiger partial charge in [0.15, 0.2) is 0 Å². The molecule has 0 heterocycles. The largest absolute Gasteiger partial charge is 0.478 e. The molecule has 6 nitrogen and oxygen atoms in total. The number of anilines is 3. The SMILES string of the molecule is CN(C)c1ccc(Nc2cccc(C(=O)O)c2C(=O)O)cc1. The Morgan fingerprint density at radius 2 is 1.59 bits per heavy atom. The highest BCUT2D eigenvalue weighted by Crippen LogP contribution is 2.25. The molecule has 0 aliphatic heterocycles. The molecule has 0 aliphatic carbocycles. The standard InChI is InChI=1S/C16H16N2O4/c1-18(2)11-8-6-10(7-9-11)17-13-5-3-4-12(15(19)20)14(13)16(21)22/h3-9,17H,1-2H3,(H,19,20)(H,21,22). The van der Waals surface area contributed by atoms with Crippen LogP contribution in [0.3, 0.4) is 0 Å². The van der Waals surface area contributed by atoms with Crippen LogP contribution in [0, 0.1) is 0 Å². The second-order valence-electron chi connectivity index (χ2n) is 4.90. The lowest BCUT2D eigenvalue weighted by molar-refractivity contribution is 0.0652. The Morgan fingerprint density at radius 3 is 2.09 bits per heavy atom. The van der Waals surface area contributed by atoms with Crippen LogP contribution in [0.1, 0.15) is 20.7 Å². The summed E-state index contributed by atoms with van der Waals surface area (Å²) in [6.45, 7) is 0. The van der Waals surface area contributed by atoms with Crippen molar-refractivity contribution in [3.8, 4) is 0 Å². The van der Waals surface area contributed by atoms with E-state index in [1.165, 1.54) is 18.2 Å². The lowest BCUT2D eigenvalue weighted by Crippen LogP contribution is -2.11. The van der Waals surface area contributed by atoms with E-state index in [0.29, 0.717) is 5.69 Å². The van der Waals surface area contributed by atoms with Gasteiger partial charge in [0.2, 0.25) is 0 Å². The van der Waals surface area contributed by atoms with E-state index in [9.17, 15) is 14.7 Å². The smallest absolute Gasteiger partial charge is 0.338 e. The normalized spacial score (nSPS) is 10.1. The van der Waals surface area contributed by atoms with Gasteiger partial charge < -0.3 is 20.4 Å². The molecule has 2 rings (SSSR count). The van der Waals surface area contributed by atoms with Crippen LogP contribution in [0.4, 0.5) is 17.1 Å². The molecule has 22 heavy (non-hydrogen) atoms. The Hall–Kier alpha value is -3.02. The van der Waals surface area contributed by atoms with E-state index >= 15 is 0 Å². The summed E-state index contributed by atoms with van der Waals surface area (Å²) in [6.07, 6.45) is 0. The van der Waals surface area contributed by atoms with E-state index in [-0.39, 0.29) is 16.8 Å². The second-order valence-corrected chi connectivity index (χ2v) is 4.90. The molecular formula is C16H16N2O4. The quantitative estimate of drug-likeness (QED) is 0.786. The number of nitrogens with zero attached hydrogens (tertiary/aromatic N) is 1. The number of hydrogen-bond donors (Lipinski definition) is 3. The number of carboxylic acids is 2. The van der Waals surface area contributed by atoms with Gasteiger partial charge in [-0.2, -0.15) is 0 Å². The first-order valence-electron chi connectivity index (χ1n) is 6.54. The van der Waals surface area contributed by atoms with Gasteiger partial charge in [-0.1, -0.05) is 6.07 Å². The van der Waals surface area contributed by atoms with E-state index in [0.717, 1.165) is 5.69 Å². The van der Waals surface area contributed by atoms with Crippen molar-refractivity contribution in [2.45, 2.75) is 0 Å². The fraction of sp³-hybridized carbons (Fsp3) is 0.125. The van der Waals surface area contributed by atoms with Crippen molar-refractivity contribution < 1.29 is 19.8 Å². The molecule has 3 N–H and O–H groups in total. The second kappa shape index (κ2) is 6.17. The van der Waals surface area contributed by atoms with E-state index in [4.69, 9.17) is 5.11 Å². The molecule has 0 saturated heterocycles. The first kappa shape index (κ1) is 15.4. The van der Waals surface area contributed by atoms with Gasteiger partial charge >= 0.3 is 11.9 Å². The molecule has 0 aliphatic rings. The highest BCUT2D eigenvalue weighted by molar-refractivity contribution is 6.06. The molecular weight excluding hydrogens is 284 g/mol. The fourth-order valence-electron chi connectivity index (χ4n) is 2.06. The van der Waals surface area contributed by atoms with Crippen LogP contribution in [-0.4, -0.2) is 36.2 Å². The van der Waals surface area contributed by atoms with Gasteiger partial charge in [0.1, 0.15) is 0 Å². The van der Waals surface area contributed by atoms with Crippen molar-refractivity contribution in [1.82, 2.24) is 0 Å². The van der Waals surface area contributed by atoms with Gasteiger partial charge in [-0.15, -0.1) is 0 Å². The van der Waals surface area contributed by atoms with Gasteiger partial charge in [0.05, 0.1) is 16.8 Å². The number of carbonyl (C=O) groups is 2. The molecule has 2 aromatic carbocycles. The maximum atomic E-state index is 11.4. The Morgan fingerprint density at radius 1 is 0.955 bits per heavy atom. The van der Waals surface area contributed by atoms with Crippen LogP contribution in [0.15, 0.2) is 42.5 Å². The minimum atomic E-state index is -1.29. The molecule has 0 bridgehead atoms. The summed E-state index contributed by atoms with van der Waals surface area (Å²) in [4.78, 5) is 24.5. The lowest BCUT2D eigenvalue weighted by Gasteiger charge is -2.15. The maximum absolute atomic E-state index is 11.4. The first-order valence-corrected chi connectivity index (χ1v) is 6.54. The van der Waals surface area contributed by atoms with E-state index < -0.39 is 11.9 Å². The third kappa shape index (κ3) is 3.17. The Kier molecular flexibility index (Phi) is 4.31. The topological polar surface area (TPSA) is 89.9 Å². The number of hydrogen-bond acceptors (Lipinski definition) is 4. The van der Waals surface area contributed by atoms with Gasteiger partial charge in [-0.25, -0.2) is 9.59 Å². The molecule has 2 aromatic rings. The minimum Gasteiger partial charge on any atom is -0.478 e. The molecule has 0 unspecified atom stereocenters. The summed E-state index contributed by atoms with van der Waals surface area (Å²) in [5.41, 5.74) is 1.41. The minimum absolute atomic E-state index is 0.241. The van der Waals surface area contributed by atoms with Crippen LogP contribution in [0.5, 0.6) is 0 Å². The molecule has 0 amide bonds. The van der Waals surface area contributed by atoms with Gasteiger partial charge in [-0.05, 0) is 36.4 Å². The first-order chi connectivity index (χ1) is 10.4. The number of rotatable bonds is 5. The highest BCUT2D eigenvalue weighted by Gasteiger charge is 2.19. The average molecular weight is 300 g/mol.